The van der Waals surface area contributed by atoms with Gasteiger partial charge in [-0.05, 0) is 64.7 Å². The molecule has 2 heterocycles. The van der Waals surface area contributed by atoms with Crippen LogP contribution in [0, 0.1) is 20.8 Å². The number of hydrogen-bond acceptors (Lipinski definition) is 4. The maximum atomic E-state index is 12.9. The molecule has 0 aliphatic carbocycles. The molecule has 0 spiro atoms. The summed E-state index contributed by atoms with van der Waals surface area (Å²) >= 11 is 0. The normalized spacial score (nSPS) is 15.4. The van der Waals surface area contributed by atoms with E-state index in [0.717, 1.165) is 18.4 Å². The largest absolute Gasteiger partial charge is 0.449 e. The highest BCUT2D eigenvalue weighted by Gasteiger charge is 2.30. The molecule has 0 radical (unpaired) electrons. The number of fused-ring (bicyclic) bond motifs is 1. The van der Waals surface area contributed by atoms with Crippen LogP contribution in [0.4, 0.5) is 0 Å². The van der Waals surface area contributed by atoms with Crippen molar-refractivity contribution in [2.75, 3.05) is 13.1 Å². The van der Waals surface area contributed by atoms with Crippen molar-refractivity contribution in [2.24, 2.45) is 0 Å². The van der Waals surface area contributed by atoms with Crippen molar-refractivity contribution in [3.05, 3.63) is 28.5 Å². The van der Waals surface area contributed by atoms with Crippen LogP contribution in [0.5, 0.6) is 0 Å². The third-order valence-corrected chi connectivity index (χ3v) is 6.75. The molecule has 6 nitrogen and oxygen atoms in total. The Morgan fingerprint density at radius 3 is 2.35 bits per heavy atom. The lowest BCUT2D eigenvalue weighted by Gasteiger charge is -2.14. The van der Waals surface area contributed by atoms with Gasteiger partial charge in [0, 0.05) is 30.1 Å². The zero-order chi connectivity index (χ0) is 19.2. The van der Waals surface area contributed by atoms with Crippen molar-refractivity contribution in [3.8, 4) is 0 Å². The standard InChI is InChI=1S/C19H26N2O4S/c1-11(2)20-26(23,24)18-13(4)12(3)10-15-14(5)16(25-17(15)18)19(22)21-8-6-7-9-21/h10-11,20H,6-9H2,1-5H3. The molecule has 0 unspecified atom stereocenters. The lowest BCUT2D eigenvalue weighted by atomic mass is 10.0. The Balaban J connectivity index is 2.24. The average Bonchev–Trinajstić information content (AvgIpc) is 3.16. The highest BCUT2D eigenvalue weighted by Crippen LogP contribution is 2.35. The van der Waals surface area contributed by atoms with Gasteiger partial charge in [-0.25, -0.2) is 13.1 Å². The van der Waals surface area contributed by atoms with E-state index in [1.807, 2.05) is 19.9 Å². The number of likely N-dealkylation sites (tertiary alicyclic amines) is 1. The second kappa shape index (κ2) is 6.70. The van der Waals surface area contributed by atoms with Gasteiger partial charge < -0.3 is 9.32 Å². The molecular weight excluding hydrogens is 352 g/mol. The summed E-state index contributed by atoms with van der Waals surface area (Å²) in [4.78, 5) is 14.7. The summed E-state index contributed by atoms with van der Waals surface area (Å²) in [6.45, 7) is 10.4. The molecule has 1 fully saturated rings. The van der Waals surface area contributed by atoms with Crippen LogP contribution in [0.25, 0.3) is 11.0 Å². The minimum absolute atomic E-state index is 0.129. The summed E-state index contributed by atoms with van der Waals surface area (Å²) in [5, 5.41) is 0.680. The number of aryl methyl sites for hydroxylation is 2. The number of sulfonamides is 1. The third kappa shape index (κ3) is 3.14. The summed E-state index contributed by atoms with van der Waals surface area (Å²) in [6.07, 6.45) is 1.97. The van der Waals surface area contributed by atoms with Crippen LogP contribution in [0.2, 0.25) is 0 Å². The summed E-state index contributed by atoms with van der Waals surface area (Å²) in [5.41, 5.74) is 2.45. The first kappa shape index (κ1) is 18.9. The van der Waals surface area contributed by atoms with E-state index in [2.05, 4.69) is 4.72 Å². The van der Waals surface area contributed by atoms with E-state index in [9.17, 15) is 13.2 Å². The van der Waals surface area contributed by atoms with E-state index in [-0.39, 0.29) is 28.2 Å². The number of nitrogens with zero attached hydrogens (tertiary/aromatic N) is 1. The Hall–Kier alpha value is -1.86. The van der Waals surface area contributed by atoms with Crippen LogP contribution in [0.1, 0.15) is 53.9 Å². The number of carbonyl (C=O) groups is 1. The quantitative estimate of drug-likeness (QED) is 0.885. The van der Waals surface area contributed by atoms with Gasteiger partial charge >= 0.3 is 0 Å². The summed E-state index contributed by atoms with van der Waals surface area (Å²) in [7, 11) is -3.76. The van der Waals surface area contributed by atoms with Crippen molar-refractivity contribution in [2.45, 2.75) is 58.4 Å². The topological polar surface area (TPSA) is 79.6 Å². The number of rotatable bonds is 4. The number of amides is 1. The monoisotopic (exact) mass is 378 g/mol. The molecule has 1 amide bonds. The molecule has 7 heteroatoms. The Labute approximate surface area is 154 Å². The van der Waals surface area contributed by atoms with Crippen LogP contribution >= 0.6 is 0 Å². The molecular formula is C19H26N2O4S. The van der Waals surface area contributed by atoms with E-state index in [1.54, 1.807) is 25.7 Å². The Morgan fingerprint density at radius 2 is 1.77 bits per heavy atom. The third-order valence-electron chi connectivity index (χ3n) is 4.94. The molecule has 0 bridgehead atoms. The zero-order valence-electron chi connectivity index (χ0n) is 16.0. The van der Waals surface area contributed by atoms with Gasteiger partial charge in [-0.2, -0.15) is 0 Å². The summed E-state index contributed by atoms with van der Waals surface area (Å²) in [6, 6.07) is 1.66. The second-order valence-corrected chi connectivity index (χ2v) is 9.01. The van der Waals surface area contributed by atoms with Crippen molar-refractivity contribution in [3.63, 3.8) is 0 Å². The molecule has 2 aromatic rings. The van der Waals surface area contributed by atoms with E-state index in [1.165, 1.54) is 0 Å². The van der Waals surface area contributed by atoms with Gasteiger partial charge in [0.2, 0.25) is 10.0 Å². The zero-order valence-corrected chi connectivity index (χ0v) is 16.8. The van der Waals surface area contributed by atoms with Crippen LogP contribution in [0.3, 0.4) is 0 Å². The lowest BCUT2D eigenvalue weighted by molar-refractivity contribution is 0.0762. The highest BCUT2D eigenvalue weighted by molar-refractivity contribution is 7.89. The minimum Gasteiger partial charge on any atom is -0.449 e. The van der Waals surface area contributed by atoms with Crippen molar-refractivity contribution in [1.29, 1.82) is 0 Å². The van der Waals surface area contributed by atoms with Crippen molar-refractivity contribution < 1.29 is 17.6 Å². The fourth-order valence-corrected chi connectivity index (χ4v) is 5.20. The van der Waals surface area contributed by atoms with Crippen molar-refractivity contribution in [1.82, 2.24) is 9.62 Å². The molecule has 26 heavy (non-hydrogen) atoms. The molecule has 3 rings (SSSR count). The van der Waals surface area contributed by atoms with Gasteiger partial charge in [0.15, 0.2) is 11.3 Å². The van der Waals surface area contributed by atoms with E-state index in [0.29, 0.717) is 29.6 Å². The smallest absolute Gasteiger partial charge is 0.289 e. The molecule has 1 saturated heterocycles. The van der Waals surface area contributed by atoms with Crippen LogP contribution < -0.4 is 4.72 Å². The second-order valence-electron chi connectivity index (χ2n) is 7.36. The maximum Gasteiger partial charge on any atom is 0.289 e. The number of benzene rings is 1. The van der Waals surface area contributed by atoms with E-state index < -0.39 is 10.0 Å². The molecule has 1 N–H and O–H groups in total. The predicted octanol–water partition coefficient (Wildman–Crippen LogP) is 3.28. The van der Waals surface area contributed by atoms with Gasteiger partial charge in [-0.1, -0.05) is 0 Å². The number of nitrogens with one attached hydrogen (secondary N) is 1. The van der Waals surface area contributed by atoms with Gasteiger partial charge in [0.05, 0.1) is 0 Å². The molecule has 1 aliphatic rings. The fourth-order valence-electron chi connectivity index (χ4n) is 3.50. The first-order valence-electron chi connectivity index (χ1n) is 8.98. The molecule has 1 aliphatic heterocycles. The Kier molecular flexibility index (Phi) is 4.88. The van der Waals surface area contributed by atoms with E-state index >= 15 is 0 Å². The number of furan rings is 1. The fraction of sp³-hybridized carbons (Fsp3) is 0.526. The first-order valence-corrected chi connectivity index (χ1v) is 10.5. The Morgan fingerprint density at radius 1 is 1.15 bits per heavy atom. The van der Waals surface area contributed by atoms with E-state index in [4.69, 9.17) is 4.42 Å². The minimum atomic E-state index is -3.76. The van der Waals surface area contributed by atoms with Crippen LogP contribution in [0.15, 0.2) is 15.4 Å². The first-order chi connectivity index (χ1) is 12.1. The van der Waals surface area contributed by atoms with Gasteiger partial charge in [0.25, 0.3) is 5.91 Å². The maximum absolute atomic E-state index is 12.9. The predicted molar refractivity (Wildman–Crippen MR) is 101 cm³/mol. The average molecular weight is 378 g/mol. The van der Waals surface area contributed by atoms with Crippen LogP contribution in [-0.2, 0) is 10.0 Å². The molecule has 0 saturated carbocycles. The lowest BCUT2D eigenvalue weighted by Crippen LogP contribution is -2.31. The summed E-state index contributed by atoms with van der Waals surface area (Å²) < 4.78 is 34.3. The van der Waals surface area contributed by atoms with Gasteiger partial charge in [-0.15, -0.1) is 0 Å². The number of carbonyl (C=O) groups excluding carboxylic acids is 1. The SMILES string of the molecule is Cc1cc2c(C)c(C(=O)N3CCCC3)oc2c(S(=O)(=O)NC(C)C)c1C. The molecule has 0 atom stereocenters. The summed E-state index contributed by atoms with van der Waals surface area (Å²) in [5.74, 6) is 0.0829. The highest BCUT2D eigenvalue weighted by atomic mass is 32.2. The van der Waals surface area contributed by atoms with Crippen molar-refractivity contribution >= 4 is 26.9 Å². The Bertz CT molecular complexity index is 967. The molecule has 142 valence electrons. The van der Waals surface area contributed by atoms with Crippen LogP contribution in [-0.4, -0.2) is 38.4 Å². The van der Waals surface area contributed by atoms with Gasteiger partial charge in [-0.3, -0.25) is 4.79 Å². The molecule has 1 aromatic heterocycles. The molecule has 1 aromatic carbocycles. The van der Waals surface area contributed by atoms with Gasteiger partial charge in [0.1, 0.15) is 4.90 Å². The number of hydrogen-bond donors (Lipinski definition) is 1.